The van der Waals surface area contributed by atoms with E-state index < -0.39 is 5.91 Å². The fourth-order valence-corrected chi connectivity index (χ4v) is 5.11. The quantitative estimate of drug-likeness (QED) is 0.494. The number of hydrogen-bond donors (Lipinski definition) is 2. The first-order valence-electron chi connectivity index (χ1n) is 13.1. The molecule has 0 radical (unpaired) electrons. The molecule has 1 aromatic heterocycles. The zero-order chi connectivity index (χ0) is 27.5. The Kier molecular flexibility index (Phi) is 7.65. The first-order chi connectivity index (χ1) is 18.8. The minimum Gasteiger partial charge on any atom is -0.490 e. The van der Waals surface area contributed by atoms with Crippen molar-refractivity contribution in [3.8, 4) is 5.75 Å². The predicted octanol–water partition coefficient (Wildman–Crippen LogP) is 3.88. The van der Waals surface area contributed by atoms with Gasteiger partial charge in [0.2, 0.25) is 5.91 Å². The van der Waals surface area contributed by atoms with Crippen LogP contribution in [-0.4, -0.2) is 59.7 Å². The molecule has 5 rings (SSSR count). The minimum atomic E-state index is -0.437. The zero-order valence-electron chi connectivity index (χ0n) is 22.2. The Balaban J connectivity index is 1.23. The molecule has 1 fully saturated rings. The van der Waals surface area contributed by atoms with Gasteiger partial charge in [-0.3, -0.25) is 14.4 Å². The van der Waals surface area contributed by atoms with Crippen molar-refractivity contribution >= 4 is 23.4 Å². The molecule has 0 unspecified atom stereocenters. The van der Waals surface area contributed by atoms with E-state index in [1.807, 2.05) is 37.3 Å². The van der Waals surface area contributed by atoms with Crippen molar-refractivity contribution in [2.24, 2.45) is 0 Å². The van der Waals surface area contributed by atoms with Gasteiger partial charge in [-0.15, -0.1) is 0 Å². The van der Waals surface area contributed by atoms with Gasteiger partial charge < -0.3 is 29.5 Å². The summed E-state index contributed by atoms with van der Waals surface area (Å²) in [7, 11) is 1.75. The van der Waals surface area contributed by atoms with E-state index in [9.17, 15) is 14.4 Å². The highest BCUT2D eigenvalue weighted by molar-refractivity contribution is 6.04. The van der Waals surface area contributed by atoms with Gasteiger partial charge in [-0.05, 0) is 50.5 Å². The number of ether oxygens (including phenoxy) is 2. The molecule has 0 saturated carbocycles. The molecule has 3 amide bonds. The molecule has 2 aliphatic rings. The first kappa shape index (κ1) is 26.4. The molecule has 0 spiro atoms. The van der Waals surface area contributed by atoms with Crippen LogP contribution >= 0.6 is 0 Å². The zero-order valence-corrected chi connectivity index (χ0v) is 22.2. The molecule has 39 heavy (non-hydrogen) atoms. The number of carbonyl (C=O) groups excluding carboxylic acids is 3. The number of aryl methyl sites for hydroxylation is 1. The van der Waals surface area contributed by atoms with Crippen LogP contribution in [-0.2, 0) is 9.53 Å². The van der Waals surface area contributed by atoms with Crippen LogP contribution in [0.4, 0.5) is 5.69 Å². The molecule has 10 heteroatoms. The summed E-state index contributed by atoms with van der Waals surface area (Å²) in [6, 6.07) is 16.0. The van der Waals surface area contributed by atoms with Gasteiger partial charge in [0, 0.05) is 18.8 Å². The van der Waals surface area contributed by atoms with E-state index in [1.165, 1.54) is 6.07 Å². The van der Waals surface area contributed by atoms with Crippen LogP contribution in [0.5, 0.6) is 5.75 Å². The molecule has 2 aromatic carbocycles. The van der Waals surface area contributed by atoms with E-state index in [1.54, 1.807) is 37.1 Å². The Hall–Kier alpha value is -4.18. The number of hydrogen-bond acceptors (Lipinski definition) is 7. The van der Waals surface area contributed by atoms with Crippen molar-refractivity contribution in [1.82, 2.24) is 15.4 Å². The van der Waals surface area contributed by atoms with Crippen LogP contribution in [0.25, 0.3) is 0 Å². The maximum absolute atomic E-state index is 13.5. The molecule has 204 valence electrons. The van der Waals surface area contributed by atoms with E-state index in [0.29, 0.717) is 35.6 Å². The number of amides is 3. The number of nitrogens with zero attached hydrogens (tertiary/aromatic N) is 2. The summed E-state index contributed by atoms with van der Waals surface area (Å²) in [4.78, 5) is 40.3. The fraction of sp³-hybridized carbons (Fsp3) is 0.379. The molecule has 2 N–H and O–H groups in total. The number of fused-ring (bicyclic) bond motifs is 2. The summed E-state index contributed by atoms with van der Waals surface area (Å²) >= 11 is 0. The topological polar surface area (TPSA) is 123 Å². The fourth-order valence-electron chi connectivity index (χ4n) is 5.11. The van der Waals surface area contributed by atoms with Crippen molar-refractivity contribution in [2.75, 3.05) is 19.0 Å². The molecule has 2 aliphatic heterocycles. The summed E-state index contributed by atoms with van der Waals surface area (Å²) < 4.78 is 17.3. The first-order valence-corrected chi connectivity index (χ1v) is 13.1. The second-order valence-corrected chi connectivity index (χ2v) is 10.1. The number of likely N-dealkylation sites (N-methyl/N-ethyl adjacent to an activating group) is 1. The van der Waals surface area contributed by atoms with Crippen LogP contribution in [0.1, 0.15) is 64.4 Å². The molecule has 1 saturated heterocycles. The van der Waals surface area contributed by atoms with Gasteiger partial charge in [-0.25, -0.2) is 0 Å². The van der Waals surface area contributed by atoms with E-state index in [2.05, 4.69) is 15.8 Å². The van der Waals surface area contributed by atoms with Gasteiger partial charge >= 0.3 is 0 Å². The van der Waals surface area contributed by atoms with Crippen molar-refractivity contribution in [3.05, 3.63) is 77.2 Å². The number of nitrogens with one attached hydrogen (secondary N) is 2. The summed E-state index contributed by atoms with van der Waals surface area (Å²) in [6.07, 6.45) is 0.923. The average Bonchev–Trinajstić information content (AvgIpc) is 3.38. The maximum Gasteiger partial charge on any atom is 0.277 e. The van der Waals surface area contributed by atoms with Crippen LogP contribution in [0.15, 0.2) is 59.1 Å². The summed E-state index contributed by atoms with van der Waals surface area (Å²) in [6.45, 7) is 3.89. The Morgan fingerprint density at radius 3 is 2.67 bits per heavy atom. The predicted molar refractivity (Wildman–Crippen MR) is 143 cm³/mol. The lowest BCUT2D eigenvalue weighted by Crippen LogP contribution is -2.54. The SMILES string of the molecule is Cc1cc(C(=O)Nc2ccc3c(c2)C(=O)N(C)[C@H]2CC[C@@H](CC(=O)N[C@H](C)c4ccccc4)O[C@@H]2CO3)no1. The number of benzene rings is 2. The third-order valence-corrected chi connectivity index (χ3v) is 7.22. The molecule has 0 aliphatic carbocycles. The van der Waals surface area contributed by atoms with E-state index in [-0.39, 0.29) is 54.8 Å². The van der Waals surface area contributed by atoms with E-state index in [0.717, 1.165) is 5.56 Å². The van der Waals surface area contributed by atoms with Crippen molar-refractivity contribution in [3.63, 3.8) is 0 Å². The second-order valence-electron chi connectivity index (χ2n) is 10.1. The van der Waals surface area contributed by atoms with Crippen molar-refractivity contribution in [2.45, 2.75) is 57.4 Å². The molecule has 0 bridgehead atoms. The van der Waals surface area contributed by atoms with Crippen molar-refractivity contribution < 1.29 is 28.4 Å². The van der Waals surface area contributed by atoms with E-state index in [4.69, 9.17) is 14.0 Å². The van der Waals surface area contributed by atoms with Crippen LogP contribution in [0.2, 0.25) is 0 Å². The number of rotatable bonds is 6. The number of aromatic nitrogens is 1. The average molecular weight is 533 g/mol. The molecule has 3 aromatic rings. The molecule has 4 atom stereocenters. The van der Waals surface area contributed by atoms with Crippen LogP contribution in [0.3, 0.4) is 0 Å². The third-order valence-electron chi connectivity index (χ3n) is 7.22. The third kappa shape index (κ3) is 5.96. The van der Waals surface area contributed by atoms with Gasteiger partial charge in [-0.2, -0.15) is 0 Å². The molecular weight excluding hydrogens is 500 g/mol. The van der Waals surface area contributed by atoms with Gasteiger partial charge in [-0.1, -0.05) is 35.5 Å². The maximum atomic E-state index is 13.5. The largest absolute Gasteiger partial charge is 0.490 e. The van der Waals surface area contributed by atoms with Gasteiger partial charge in [0.15, 0.2) is 5.69 Å². The van der Waals surface area contributed by atoms with Crippen LogP contribution < -0.4 is 15.4 Å². The molecule has 10 nitrogen and oxygen atoms in total. The minimum absolute atomic E-state index is 0.0771. The lowest BCUT2D eigenvalue weighted by atomic mass is 9.94. The Morgan fingerprint density at radius 1 is 1.13 bits per heavy atom. The normalized spacial score (nSPS) is 21.5. The van der Waals surface area contributed by atoms with Gasteiger partial charge in [0.05, 0.1) is 30.2 Å². The number of anilines is 1. The highest BCUT2D eigenvalue weighted by Gasteiger charge is 2.39. The summed E-state index contributed by atoms with van der Waals surface area (Å²) in [5.74, 6) is 0.183. The highest BCUT2D eigenvalue weighted by atomic mass is 16.5. The standard InChI is InChI=1S/C29H32N4O6/c1-17-13-23(32-39-17)28(35)31-20-9-12-25-22(14-20)29(36)33(3)24-11-10-21(38-26(24)16-37-25)15-27(34)30-18(2)19-7-5-4-6-8-19/h4-9,12-14,18,21,24,26H,10-11,15-16H2,1-3H3,(H,30,34)(H,31,35)/t18-,21+,24+,26-/m1/s1. The Morgan fingerprint density at radius 2 is 1.92 bits per heavy atom. The second kappa shape index (κ2) is 11.3. The van der Waals surface area contributed by atoms with Crippen LogP contribution in [0, 0.1) is 6.92 Å². The summed E-state index contributed by atoms with van der Waals surface area (Å²) in [5.41, 5.74) is 1.98. The van der Waals surface area contributed by atoms with Gasteiger partial charge in [0.25, 0.3) is 11.8 Å². The molecule has 3 heterocycles. The lowest BCUT2D eigenvalue weighted by Gasteiger charge is -2.42. The van der Waals surface area contributed by atoms with Crippen molar-refractivity contribution in [1.29, 1.82) is 0 Å². The smallest absolute Gasteiger partial charge is 0.277 e. The lowest BCUT2D eigenvalue weighted by molar-refractivity contribution is -0.134. The van der Waals surface area contributed by atoms with E-state index >= 15 is 0 Å². The Bertz CT molecular complexity index is 1360. The Labute approximate surface area is 226 Å². The number of carbonyl (C=O) groups is 3. The monoisotopic (exact) mass is 532 g/mol. The highest BCUT2D eigenvalue weighted by Crippen LogP contribution is 2.32. The molecular formula is C29H32N4O6. The van der Waals surface area contributed by atoms with Gasteiger partial charge in [0.1, 0.15) is 24.2 Å². The summed E-state index contributed by atoms with van der Waals surface area (Å²) in [5, 5.41) is 9.51.